The van der Waals surface area contributed by atoms with Gasteiger partial charge in [0.1, 0.15) is 5.75 Å². The van der Waals surface area contributed by atoms with Crippen molar-refractivity contribution in [3.8, 4) is 28.1 Å². The van der Waals surface area contributed by atoms with Gasteiger partial charge in [0, 0.05) is 21.8 Å². The number of aryl methyl sites for hydroxylation is 1. The highest BCUT2D eigenvalue weighted by atomic mass is 79.9. The normalized spacial score (nSPS) is 10.5. The van der Waals surface area contributed by atoms with Gasteiger partial charge in [0.15, 0.2) is 0 Å². The third-order valence-corrected chi connectivity index (χ3v) is 4.34. The van der Waals surface area contributed by atoms with E-state index in [4.69, 9.17) is 4.74 Å². The van der Waals surface area contributed by atoms with Crippen LogP contribution in [0.2, 0.25) is 0 Å². The number of ether oxygens (including phenoxy) is 1. The van der Waals surface area contributed by atoms with Crippen molar-refractivity contribution < 1.29 is 4.74 Å². The number of benzene rings is 2. The summed E-state index contributed by atoms with van der Waals surface area (Å²) < 4.78 is 6.45. The molecule has 3 rings (SSSR count). The predicted octanol–water partition coefficient (Wildman–Crippen LogP) is 5.50. The first-order valence-corrected chi connectivity index (χ1v) is 7.84. The molecule has 0 saturated carbocycles. The van der Waals surface area contributed by atoms with Crippen LogP contribution >= 0.6 is 15.9 Å². The molecular formula is C19H16BrNO. The van der Waals surface area contributed by atoms with E-state index in [0.717, 1.165) is 38.2 Å². The lowest BCUT2D eigenvalue weighted by molar-refractivity contribution is 0.412. The van der Waals surface area contributed by atoms with Crippen molar-refractivity contribution >= 4 is 15.9 Å². The molecule has 3 heteroatoms. The van der Waals surface area contributed by atoms with Gasteiger partial charge in [-0.05, 0) is 36.2 Å². The van der Waals surface area contributed by atoms with Crippen LogP contribution in [0, 0.1) is 6.92 Å². The third kappa shape index (κ3) is 2.90. The molecule has 0 aliphatic rings. The molecule has 2 aromatic carbocycles. The van der Waals surface area contributed by atoms with Crippen LogP contribution in [0.3, 0.4) is 0 Å². The minimum atomic E-state index is 0.884. The summed E-state index contributed by atoms with van der Waals surface area (Å²) in [6, 6.07) is 18.4. The molecular weight excluding hydrogens is 338 g/mol. The van der Waals surface area contributed by atoms with Crippen molar-refractivity contribution in [2.45, 2.75) is 6.92 Å². The maximum atomic E-state index is 5.38. The van der Waals surface area contributed by atoms with Gasteiger partial charge in [0.25, 0.3) is 0 Å². The summed E-state index contributed by atoms with van der Waals surface area (Å²) in [5.41, 5.74) is 5.35. The SMILES string of the molecule is COc1cc(-c2ccc(-c3ccccc3Br)cn2)ccc1C. The van der Waals surface area contributed by atoms with Crippen LogP contribution in [0.4, 0.5) is 0 Å². The second kappa shape index (κ2) is 6.32. The van der Waals surface area contributed by atoms with Gasteiger partial charge < -0.3 is 4.74 Å². The maximum Gasteiger partial charge on any atom is 0.122 e. The van der Waals surface area contributed by atoms with Gasteiger partial charge in [-0.15, -0.1) is 0 Å². The van der Waals surface area contributed by atoms with Gasteiger partial charge >= 0.3 is 0 Å². The van der Waals surface area contributed by atoms with Crippen molar-refractivity contribution in [1.29, 1.82) is 0 Å². The minimum absolute atomic E-state index is 0.884. The van der Waals surface area contributed by atoms with Gasteiger partial charge in [-0.3, -0.25) is 4.98 Å². The molecule has 0 radical (unpaired) electrons. The Balaban J connectivity index is 1.97. The zero-order valence-electron chi connectivity index (χ0n) is 12.5. The number of rotatable bonds is 3. The minimum Gasteiger partial charge on any atom is -0.496 e. The number of halogens is 1. The summed E-state index contributed by atoms with van der Waals surface area (Å²) in [6.45, 7) is 2.03. The molecule has 0 N–H and O–H groups in total. The molecule has 0 unspecified atom stereocenters. The lowest BCUT2D eigenvalue weighted by Crippen LogP contribution is -1.90. The van der Waals surface area contributed by atoms with Crippen LogP contribution in [0.1, 0.15) is 5.56 Å². The van der Waals surface area contributed by atoms with Gasteiger partial charge in [0.05, 0.1) is 12.8 Å². The molecule has 2 nitrogen and oxygen atoms in total. The Labute approximate surface area is 138 Å². The number of pyridine rings is 1. The second-order valence-corrected chi connectivity index (χ2v) is 5.95. The standard InChI is InChI=1S/C19H16BrNO/c1-13-7-8-14(11-19(13)22-2)18-10-9-15(12-21-18)16-5-3-4-6-17(16)20/h3-12H,1-2H3. The summed E-state index contributed by atoms with van der Waals surface area (Å²) in [7, 11) is 1.69. The van der Waals surface area contributed by atoms with Crippen molar-refractivity contribution in [3.63, 3.8) is 0 Å². The Morgan fingerprint density at radius 1 is 0.955 bits per heavy atom. The third-order valence-electron chi connectivity index (χ3n) is 3.65. The van der Waals surface area contributed by atoms with Gasteiger partial charge in [-0.1, -0.05) is 52.3 Å². The molecule has 0 atom stereocenters. The molecule has 0 bridgehead atoms. The van der Waals surface area contributed by atoms with E-state index in [9.17, 15) is 0 Å². The summed E-state index contributed by atoms with van der Waals surface area (Å²) in [6.07, 6.45) is 1.90. The lowest BCUT2D eigenvalue weighted by atomic mass is 10.0. The topological polar surface area (TPSA) is 22.1 Å². The first-order chi connectivity index (χ1) is 10.7. The van der Waals surface area contributed by atoms with E-state index in [1.165, 1.54) is 0 Å². The summed E-state index contributed by atoms with van der Waals surface area (Å²) in [5.74, 6) is 0.884. The fraction of sp³-hybridized carbons (Fsp3) is 0.105. The fourth-order valence-corrected chi connectivity index (χ4v) is 2.91. The van der Waals surface area contributed by atoms with E-state index in [1.807, 2.05) is 43.5 Å². The van der Waals surface area contributed by atoms with Crippen molar-refractivity contribution in [2.24, 2.45) is 0 Å². The predicted molar refractivity (Wildman–Crippen MR) is 94.1 cm³/mol. The maximum absolute atomic E-state index is 5.38. The number of aromatic nitrogens is 1. The van der Waals surface area contributed by atoms with E-state index in [0.29, 0.717) is 0 Å². The van der Waals surface area contributed by atoms with E-state index >= 15 is 0 Å². The lowest BCUT2D eigenvalue weighted by Gasteiger charge is -2.09. The molecule has 22 heavy (non-hydrogen) atoms. The van der Waals surface area contributed by atoms with Crippen LogP contribution in [0.25, 0.3) is 22.4 Å². The van der Waals surface area contributed by atoms with Crippen LogP contribution in [-0.4, -0.2) is 12.1 Å². The van der Waals surface area contributed by atoms with Crippen molar-refractivity contribution in [2.75, 3.05) is 7.11 Å². The smallest absolute Gasteiger partial charge is 0.122 e. The largest absolute Gasteiger partial charge is 0.496 e. The van der Waals surface area contributed by atoms with E-state index in [-0.39, 0.29) is 0 Å². The van der Waals surface area contributed by atoms with Crippen LogP contribution in [0.15, 0.2) is 65.3 Å². The molecule has 0 saturated heterocycles. The van der Waals surface area contributed by atoms with Crippen LogP contribution < -0.4 is 4.74 Å². The van der Waals surface area contributed by atoms with Gasteiger partial charge in [0.2, 0.25) is 0 Å². The Bertz CT molecular complexity index is 797. The van der Waals surface area contributed by atoms with Crippen molar-refractivity contribution in [1.82, 2.24) is 4.98 Å². The molecule has 1 heterocycles. The Morgan fingerprint density at radius 2 is 1.73 bits per heavy atom. The molecule has 0 aliphatic heterocycles. The monoisotopic (exact) mass is 353 g/mol. The zero-order chi connectivity index (χ0) is 15.5. The highest BCUT2D eigenvalue weighted by Crippen LogP contribution is 2.30. The average Bonchev–Trinajstić information content (AvgIpc) is 2.56. The molecule has 110 valence electrons. The Kier molecular flexibility index (Phi) is 4.25. The highest BCUT2D eigenvalue weighted by molar-refractivity contribution is 9.10. The van der Waals surface area contributed by atoms with E-state index in [2.05, 4.69) is 45.2 Å². The first-order valence-electron chi connectivity index (χ1n) is 7.05. The molecule has 1 aromatic heterocycles. The molecule has 3 aromatic rings. The number of nitrogens with zero attached hydrogens (tertiary/aromatic N) is 1. The molecule has 0 spiro atoms. The number of methoxy groups -OCH3 is 1. The molecule has 0 fully saturated rings. The first kappa shape index (κ1) is 14.8. The van der Waals surface area contributed by atoms with Gasteiger partial charge in [-0.2, -0.15) is 0 Å². The summed E-state index contributed by atoms with van der Waals surface area (Å²) >= 11 is 3.58. The second-order valence-electron chi connectivity index (χ2n) is 5.10. The number of hydrogen-bond acceptors (Lipinski definition) is 2. The average molecular weight is 354 g/mol. The number of hydrogen-bond donors (Lipinski definition) is 0. The highest BCUT2D eigenvalue weighted by Gasteiger charge is 2.06. The van der Waals surface area contributed by atoms with E-state index in [1.54, 1.807) is 7.11 Å². The summed E-state index contributed by atoms with van der Waals surface area (Å²) in [4.78, 5) is 4.60. The molecule has 0 amide bonds. The van der Waals surface area contributed by atoms with E-state index < -0.39 is 0 Å². The molecule has 0 aliphatic carbocycles. The zero-order valence-corrected chi connectivity index (χ0v) is 14.1. The van der Waals surface area contributed by atoms with Gasteiger partial charge in [-0.25, -0.2) is 0 Å². The van der Waals surface area contributed by atoms with Crippen LogP contribution in [-0.2, 0) is 0 Å². The fourth-order valence-electron chi connectivity index (χ4n) is 2.40. The Morgan fingerprint density at radius 3 is 2.41 bits per heavy atom. The quantitative estimate of drug-likeness (QED) is 0.620. The van der Waals surface area contributed by atoms with Crippen molar-refractivity contribution in [3.05, 3.63) is 70.8 Å². The Hall–Kier alpha value is -2.13. The van der Waals surface area contributed by atoms with Crippen LogP contribution in [0.5, 0.6) is 5.75 Å². The summed E-state index contributed by atoms with van der Waals surface area (Å²) in [5, 5.41) is 0.